The molecule has 0 aliphatic heterocycles. The van der Waals surface area contributed by atoms with Crippen molar-refractivity contribution in [2.75, 3.05) is 10.6 Å². The van der Waals surface area contributed by atoms with Gasteiger partial charge in [-0.15, -0.1) is 0 Å². The first kappa shape index (κ1) is 22.9. The van der Waals surface area contributed by atoms with Gasteiger partial charge in [-0.25, -0.2) is 14.8 Å². The number of hydrogen-bond donors (Lipinski definition) is 3. The molecule has 1 aromatic carbocycles. The molecule has 0 radical (unpaired) electrons. The highest BCUT2D eigenvalue weighted by atomic mass is 32.2. The monoisotopic (exact) mass is 482 g/mol. The van der Waals surface area contributed by atoms with Crippen LogP contribution < -0.4 is 10.6 Å². The first-order chi connectivity index (χ1) is 16.0. The zero-order valence-corrected chi connectivity index (χ0v) is 19.2. The molecule has 4 rings (SSSR count). The number of carboxylic acid groups (broad SMARTS) is 1. The second-order valence-electron chi connectivity index (χ2n) is 7.62. The Balaban J connectivity index is 1.43. The predicted molar refractivity (Wildman–Crippen MR) is 127 cm³/mol. The van der Waals surface area contributed by atoms with E-state index in [4.69, 9.17) is 0 Å². The second kappa shape index (κ2) is 10.6. The van der Waals surface area contributed by atoms with Crippen molar-refractivity contribution in [1.29, 1.82) is 0 Å². The largest absolute Gasteiger partial charge is 0.481 e. The van der Waals surface area contributed by atoms with E-state index in [1.807, 2.05) is 18.2 Å². The van der Waals surface area contributed by atoms with E-state index >= 15 is 0 Å². The molecule has 2 aromatic heterocycles. The Morgan fingerprint density at radius 3 is 2.64 bits per heavy atom. The molecule has 1 saturated carbocycles. The van der Waals surface area contributed by atoms with Crippen LogP contribution in [0, 0.1) is 5.92 Å². The summed E-state index contributed by atoms with van der Waals surface area (Å²) < 4.78 is 0.881. The van der Waals surface area contributed by atoms with Gasteiger partial charge in [-0.1, -0.05) is 48.1 Å². The molecule has 0 saturated heterocycles. The molecule has 1 aliphatic rings. The molecule has 10 heteroatoms. The molecule has 0 atom stereocenters. The number of ketones is 1. The van der Waals surface area contributed by atoms with Gasteiger partial charge in [0.2, 0.25) is 0 Å². The van der Waals surface area contributed by atoms with Crippen LogP contribution in [0.25, 0.3) is 0 Å². The Bertz CT molecular complexity index is 1160. The summed E-state index contributed by atoms with van der Waals surface area (Å²) in [5.74, 6) is -1.15. The van der Waals surface area contributed by atoms with Gasteiger partial charge in [-0.2, -0.15) is 0 Å². The summed E-state index contributed by atoms with van der Waals surface area (Å²) in [5.41, 5.74) is 1.24. The number of hydrogen-bond acceptors (Lipinski definition) is 7. The number of benzene rings is 1. The maximum atomic E-state index is 13.0. The van der Waals surface area contributed by atoms with E-state index in [2.05, 4.69) is 20.6 Å². The number of anilines is 2. The van der Waals surface area contributed by atoms with Crippen LogP contribution in [-0.2, 0) is 11.2 Å². The standard InChI is InChI=1S/C23H22N4O4S2/c28-19(29)11-15-8-9-16(12-17(15)21(30)14-5-1-2-6-14)26-22(31)27-23-25-13-20(33-23)32-18-7-3-4-10-24-18/h3-4,7-10,12-14H,1-2,5-6,11H2,(H,28,29)(H2,25,26,27,31). The van der Waals surface area contributed by atoms with Crippen molar-refractivity contribution in [1.82, 2.24) is 9.97 Å². The Hall–Kier alpha value is -3.24. The van der Waals surface area contributed by atoms with Crippen molar-refractivity contribution in [3.8, 4) is 0 Å². The van der Waals surface area contributed by atoms with Crippen LogP contribution in [0.1, 0.15) is 41.6 Å². The van der Waals surface area contributed by atoms with E-state index in [1.165, 1.54) is 23.1 Å². The number of nitrogens with one attached hydrogen (secondary N) is 2. The van der Waals surface area contributed by atoms with Gasteiger partial charge < -0.3 is 10.4 Å². The fraction of sp³-hybridized carbons (Fsp3) is 0.261. The number of aromatic nitrogens is 2. The SMILES string of the molecule is O=C(O)Cc1ccc(NC(=O)Nc2ncc(Sc3ccccn3)s2)cc1C(=O)C1CCCC1. The molecule has 2 amide bonds. The quantitative estimate of drug-likeness (QED) is 0.371. The molecule has 170 valence electrons. The number of Topliss-reactive ketones (excluding diaryl/α,β-unsaturated/α-hetero) is 1. The van der Waals surface area contributed by atoms with Gasteiger partial charge in [0.25, 0.3) is 0 Å². The van der Waals surface area contributed by atoms with Crippen molar-refractivity contribution in [2.24, 2.45) is 5.92 Å². The summed E-state index contributed by atoms with van der Waals surface area (Å²) >= 11 is 2.77. The molecule has 3 N–H and O–H groups in total. The van der Waals surface area contributed by atoms with Crippen LogP contribution in [0.4, 0.5) is 15.6 Å². The van der Waals surface area contributed by atoms with E-state index in [9.17, 15) is 19.5 Å². The first-order valence-corrected chi connectivity index (χ1v) is 12.1. The Morgan fingerprint density at radius 1 is 1.09 bits per heavy atom. The van der Waals surface area contributed by atoms with Crippen molar-refractivity contribution in [3.05, 3.63) is 59.9 Å². The van der Waals surface area contributed by atoms with Gasteiger partial charge >= 0.3 is 12.0 Å². The fourth-order valence-electron chi connectivity index (χ4n) is 3.74. The zero-order valence-electron chi connectivity index (χ0n) is 17.6. The molecule has 0 bridgehead atoms. The number of carboxylic acids is 1. The highest BCUT2D eigenvalue weighted by Gasteiger charge is 2.26. The van der Waals surface area contributed by atoms with Gasteiger partial charge in [0.1, 0.15) is 5.03 Å². The third-order valence-electron chi connectivity index (χ3n) is 5.25. The number of amides is 2. The first-order valence-electron chi connectivity index (χ1n) is 10.5. The van der Waals surface area contributed by atoms with E-state index in [0.717, 1.165) is 34.9 Å². The number of nitrogens with zero attached hydrogens (tertiary/aromatic N) is 2. The average molecular weight is 483 g/mol. The minimum absolute atomic E-state index is 0.0519. The van der Waals surface area contributed by atoms with E-state index < -0.39 is 12.0 Å². The molecule has 0 spiro atoms. The number of carbonyl (C=O) groups excluding carboxylic acids is 2. The van der Waals surface area contributed by atoms with E-state index in [1.54, 1.807) is 30.6 Å². The van der Waals surface area contributed by atoms with Crippen molar-refractivity contribution in [2.45, 2.75) is 41.3 Å². The highest BCUT2D eigenvalue weighted by Crippen LogP contribution is 2.33. The molecular weight excluding hydrogens is 460 g/mol. The number of carbonyl (C=O) groups is 3. The third kappa shape index (κ3) is 6.17. The Morgan fingerprint density at radius 2 is 1.91 bits per heavy atom. The summed E-state index contributed by atoms with van der Waals surface area (Å²) in [5, 5.41) is 15.9. The van der Waals surface area contributed by atoms with Crippen LogP contribution in [-0.4, -0.2) is 32.9 Å². The van der Waals surface area contributed by atoms with Crippen molar-refractivity contribution in [3.63, 3.8) is 0 Å². The minimum atomic E-state index is -1.00. The van der Waals surface area contributed by atoms with Crippen LogP contribution in [0.15, 0.2) is 58.0 Å². The highest BCUT2D eigenvalue weighted by molar-refractivity contribution is 8.01. The number of aliphatic carboxylic acids is 1. The van der Waals surface area contributed by atoms with Gasteiger partial charge in [0.15, 0.2) is 10.9 Å². The molecule has 8 nitrogen and oxygen atoms in total. The lowest BCUT2D eigenvalue weighted by molar-refractivity contribution is -0.136. The molecular formula is C23H22N4O4S2. The van der Waals surface area contributed by atoms with Crippen molar-refractivity contribution >= 4 is 51.7 Å². The minimum Gasteiger partial charge on any atom is -0.481 e. The summed E-state index contributed by atoms with van der Waals surface area (Å²) in [7, 11) is 0. The van der Waals surface area contributed by atoms with E-state index in [0.29, 0.717) is 21.9 Å². The summed E-state index contributed by atoms with van der Waals surface area (Å²) in [6.45, 7) is 0. The van der Waals surface area contributed by atoms with Gasteiger partial charge in [0, 0.05) is 23.4 Å². The van der Waals surface area contributed by atoms with Gasteiger partial charge in [-0.05, 0) is 42.7 Å². The molecule has 33 heavy (non-hydrogen) atoms. The fourth-order valence-corrected chi connectivity index (χ4v) is 5.52. The maximum Gasteiger partial charge on any atom is 0.325 e. The second-order valence-corrected chi connectivity index (χ2v) is 9.97. The average Bonchev–Trinajstić information content (AvgIpc) is 3.47. The smallest absolute Gasteiger partial charge is 0.325 e. The molecule has 2 heterocycles. The van der Waals surface area contributed by atoms with Crippen molar-refractivity contribution < 1.29 is 19.5 Å². The van der Waals surface area contributed by atoms with Gasteiger partial charge in [-0.3, -0.25) is 14.9 Å². The third-order valence-corrected chi connectivity index (χ3v) is 7.21. The summed E-state index contributed by atoms with van der Waals surface area (Å²) in [6.07, 6.45) is 6.76. The topological polar surface area (TPSA) is 121 Å². The summed E-state index contributed by atoms with van der Waals surface area (Å²) in [4.78, 5) is 45.2. The molecule has 3 aromatic rings. The van der Waals surface area contributed by atoms with Crippen LogP contribution >= 0.6 is 23.1 Å². The molecule has 0 unspecified atom stereocenters. The molecule has 1 aliphatic carbocycles. The lowest BCUT2D eigenvalue weighted by atomic mass is 9.91. The number of rotatable bonds is 8. The normalized spacial score (nSPS) is 13.6. The molecule has 1 fully saturated rings. The zero-order chi connectivity index (χ0) is 23.2. The predicted octanol–water partition coefficient (Wildman–Crippen LogP) is 5.33. The maximum absolute atomic E-state index is 13.0. The lowest BCUT2D eigenvalue weighted by Gasteiger charge is -2.14. The number of thiazole rings is 1. The summed E-state index contributed by atoms with van der Waals surface area (Å²) in [6, 6.07) is 9.91. The number of urea groups is 1. The van der Waals surface area contributed by atoms with Crippen LogP contribution in [0.3, 0.4) is 0 Å². The van der Waals surface area contributed by atoms with E-state index in [-0.39, 0.29) is 18.1 Å². The van der Waals surface area contributed by atoms with Crippen LogP contribution in [0.2, 0.25) is 0 Å². The lowest BCUT2D eigenvalue weighted by Crippen LogP contribution is -2.20. The number of pyridine rings is 1. The van der Waals surface area contributed by atoms with Crippen LogP contribution in [0.5, 0.6) is 0 Å². The Labute approximate surface area is 198 Å². The Kier molecular flexibility index (Phi) is 7.36. The van der Waals surface area contributed by atoms with Gasteiger partial charge in [0.05, 0.1) is 16.8 Å².